The number of ether oxygens (including phenoxy) is 1. The van der Waals surface area contributed by atoms with Gasteiger partial charge in [0.2, 0.25) is 0 Å². The summed E-state index contributed by atoms with van der Waals surface area (Å²) in [5, 5.41) is 0. The van der Waals surface area contributed by atoms with Gasteiger partial charge >= 0.3 is 0 Å². The maximum atomic E-state index is 6.04. The molecule has 0 bridgehead atoms. The van der Waals surface area contributed by atoms with Crippen LogP contribution >= 0.6 is 0 Å². The third-order valence-electron chi connectivity index (χ3n) is 3.22. The minimum Gasteiger partial charge on any atom is -0.487 e. The fourth-order valence-electron chi connectivity index (χ4n) is 2.20. The second kappa shape index (κ2) is 5.48. The number of rotatable bonds is 3. The molecule has 0 amide bonds. The van der Waals surface area contributed by atoms with Crippen molar-refractivity contribution in [1.82, 2.24) is 4.90 Å². The first kappa shape index (κ1) is 13.0. The summed E-state index contributed by atoms with van der Waals surface area (Å²) in [5.41, 5.74) is 7.89. The van der Waals surface area contributed by atoms with Gasteiger partial charge in [0.15, 0.2) is 5.75 Å². The Morgan fingerprint density at radius 3 is 2.44 bits per heavy atom. The fourth-order valence-corrected chi connectivity index (χ4v) is 2.20. The minimum atomic E-state index is 0.140. The highest BCUT2D eigenvalue weighted by atomic mass is 16.5. The molecule has 1 fully saturated rings. The molecular formula is C14H23N3O. The van der Waals surface area contributed by atoms with E-state index < -0.39 is 0 Å². The van der Waals surface area contributed by atoms with Crippen molar-refractivity contribution >= 4 is 11.4 Å². The molecule has 2 rings (SSSR count). The molecule has 0 aliphatic carbocycles. The third-order valence-corrected chi connectivity index (χ3v) is 3.22. The largest absolute Gasteiger partial charge is 0.487 e. The first-order chi connectivity index (χ1) is 8.58. The molecule has 0 unspecified atom stereocenters. The second-order valence-electron chi connectivity index (χ2n) is 5.15. The van der Waals surface area contributed by atoms with Crippen molar-refractivity contribution in [2.45, 2.75) is 20.0 Å². The summed E-state index contributed by atoms with van der Waals surface area (Å²) in [6.45, 7) is 8.26. The molecule has 0 saturated carbocycles. The molecule has 18 heavy (non-hydrogen) atoms. The maximum Gasteiger partial charge on any atom is 0.165 e. The summed E-state index contributed by atoms with van der Waals surface area (Å²) in [6.07, 6.45) is 0.140. The van der Waals surface area contributed by atoms with Crippen LogP contribution in [0.4, 0.5) is 11.4 Å². The van der Waals surface area contributed by atoms with Crippen LogP contribution in [0.15, 0.2) is 18.2 Å². The lowest BCUT2D eigenvalue weighted by Gasteiger charge is -2.35. The Morgan fingerprint density at radius 1 is 1.17 bits per heavy atom. The summed E-state index contributed by atoms with van der Waals surface area (Å²) in [4.78, 5) is 4.69. The highest BCUT2D eigenvalue weighted by Gasteiger charge is 2.19. The topological polar surface area (TPSA) is 41.7 Å². The quantitative estimate of drug-likeness (QED) is 0.830. The van der Waals surface area contributed by atoms with E-state index in [-0.39, 0.29) is 6.10 Å². The van der Waals surface area contributed by atoms with Crippen molar-refractivity contribution < 1.29 is 4.74 Å². The van der Waals surface area contributed by atoms with E-state index in [1.165, 1.54) is 0 Å². The Labute approximate surface area is 109 Å². The fraction of sp³-hybridized carbons (Fsp3) is 0.571. The number of para-hydroxylation sites is 1. The summed E-state index contributed by atoms with van der Waals surface area (Å²) >= 11 is 0. The zero-order chi connectivity index (χ0) is 13.1. The molecular weight excluding hydrogens is 226 g/mol. The molecule has 1 aromatic rings. The molecule has 4 heteroatoms. The van der Waals surface area contributed by atoms with E-state index >= 15 is 0 Å². The monoisotopic (exact) mass is 249 g/mol. The van der Waals surface area contributed by atoms with Gasteiger partial charge in [0.25, 0.3) is 0 Å². The van der Waals surface area contributed by atoms with E-state index in [9.17, 15) is 0 Å². The van der Waals surface area contributed by atoms with Crippen LogP contribution in [0.25, 0.3) is 0 Å². The van der Waals surface area contributed by atoms with Gasteiger partial charge in [0, 0.05) is 26.2 Å². The van der Waals surface area contributed by atoms with Crippen molar-refractivity contribution in [2.24, 2.45) is 0 Å². The Hall–Kier alpha value is -1.42. The van der Waals surface area contributed by atoms with Gasteiger partial charge in [-0.25, -0.2) is 0 Å². The standard InChI is InChI=1S/C14H23N3O/c1-11(2)18-14-12(15)5-4-6-13(14)17-9-7-16(3)8-10-17/h4-6,11H,7-10,15H2,1-3H3. The van der Waals surface area contributed by atoms with E-state index in [0.717, 1.165) is 43.3 Å². The van der Waals surface area contributed by atoms with Gasteiger partial charge in [-0.2, -0.15) is 0 Å². The Kier molecular flexibility index (Phi) is 3.97. The van der Waals surface area contributed by atoms with Gasteiger partial charge < -0.3 is 20.3 Å². The predicted molar refractivity (Wildman–Crippen MR) is 76.3 cm³/mol. The maximum absolute atomic E-state index is 6.04. The molecule has 1 aliphatic heterocycles. The molecule has 100 valence electrons. The van der Waals surface area contributed by atoms with Crippen LogP contribution in [0.5, 0.6) is 5.75 Å². The zero-order valence-electron chi connectivity index (χ0n) is 11.5. The molecule has 1 aliphatic rings. The SMILES string of the molecule is CC(C)Oc1c(N)cccc1N1CCN(C)CC1. The number of hydrogen-bond donors (Lipinski definition) is 1. The van der Waals surface area contributed by atoms with Crippen LogP contribution in [-0.2, 0) is 0 Å². The number of nitrogens with two attached hydrogens (primary N) is 1. The lowest BCUT2D eigenvalue weighted by atomic mass is 10.2. The third kappa shape index (κ3) is 2.88. The molecule has 0 radical (unpaired) electrons. The molecule has 1 aromatic carbocycles. The summed E-state index contributed by atoms with van der Waals surface area (Å²) in [5.74, 6) is 0.831. The van der Waals surface area contributed by atoms with Crippen LogP contribution < -0.4 is 15.4 Å². The van der Waals surface area contributed by atoms with Gasteiger partial charge in [-0.15, -0.1) is 0 Å². The lowest BCUT2D eigenvalue weighted by molar-refractivity contribution is 0.242. The summed E-state index contributed by atoms with van der Waals surface area (Å²) < 4.78 is 5.88. The molecule has 4 nitrogen and oxygen atoms in total. The van der Waals surface area contributed by atoms with E-state index in [0.29, 0.717) is 0 Å². The zero-order valence-corrected chi connectivity index (χ0v) is 11.5. The van der Waals surface area contributed by atoms with Gasteiger partial charge in [-0.05, 0) is 33.0 Å². The van der Waals surface area contributed by atoms with Crippen molar-refractivity contribution in [3.05, 3.63) is 18.2 Å². The number of likely N-dealkylation sites (N-methyl/N-ethyl adjacent to an activating group) is 1. The van der Waals surface area contributed by atoms with Crippen LogP contribution in [0.3, 0.4) is 0 Å². The van der Waals surface area contributed by atoms with Crippen molar-refractivity contribution in [2.75, 3.05) is 43.9 Å². The van der Waals surface area contributed by atoms with Crippen molar-refractivity contribution in [3.8, 4) is 5.75 Å². The molecule has 0 atom stereocenters. The van der Waals surface area contributed by atoms with Crippen LogP contribution in [0, 0.1) is 0 Å². The van der Waals surface area contributed by atoms with E-state index in [1.807, 2.05) is 26.0 Å². The second-order valence-corrected chi connectivity index (χ2v) is 5.15. The Bertz CT molecular complexity index is 398. The first-order valence-corrected chi connectivity index (χ1v) is 6.56. The van der Waals surface area contributed by atoms with Gasteiger partial charge in [-0.1, -0.05) is 6.07 Å². The number of nitrogen functional groups attached to an aromatic ring is 1. The average Bonchev–Trinajstić information content (AvgIpc) is 2.32. The Balaban J connectivity index is 2.23. The molecule has 2 N–H and O–H groups in total. The van der Waals surface area contributed by atoms with Gasteiger partial charge in [-0.3, -0.25) is 0 Å². The summed E-state index contributed by atoms with van der Waals surface area (Å²) in [7, 11) is 2.15. The molecule has 0 aromatic heterocycles. The molecule has 0 spiro atoms. The Morgan fingerprint density at radius 2 is 1.83 bits per heavy atom. The van der Waals surface area contributed by atoms with Crippen LogP contribution in [-0.4, -0.2) is 44.2 Å². The molecule has 1 saturated heterocycles. The number of benzene rings is 1. The van der Waals surface area contributed by atoms with Gasteiger partial charge in [0.05, 0.1) is 17.5 Å². The lowest BCUT2D eigenvalue weighted by Crippen LogP contribution is -2.44. The number of hydrogen-bond acceptors (Lipinski definition) is 4. The number of anilines is 2. The average molecular weight is 249 g/mol. The highest BCUT2D eigenvalue weighted by molar-refractivity contribution is 5.70. The number of piperazine rings is 1. The van der Waals surface area contributed by atoms with E-state index in [1.54, 1.807) is 0 Å². The van der Waals surface area contributed by atoms with Crippen LogP contribution in [0.2, 0.25) is 0 Å². The minimum absolute atomic E-state index is 0.140. The molecule has 1 heterocycles. The van der Waals surface area contributed by atoms with Crippen LogP contribution in [0.1, 0.15) is 13.8 Å². The highest BCUT2D eigenvalue weighted by Crippen LogP contribution is 2.35. The summed E-state index contributed by atoms with van der Waals surface area (Å²) in [6, 6.07) is 5.99. The van der Waals surface area contributed by atoms with Crippen molar-refractivity contribution in [1.29, 1.82) is 0 Å². The van der Waals surface area contributed by atoms with E-state index in [2.05, 4.69) is 22.9 Å². The predicted octanol–water partition coefficient (Wildman–Crippen LogP) is 1.81. The van der Waals surface area contributed by atoms with E-state index in [4.69, 9.17) is 10.5 Å². The first-order valence-electron chi connectivity index (χ1n) is 6.56. The normalized spacial score (nSPS) is 17.2. The smallest absolute Gasteiger partial charge is 0.165 e. The number of nitrogens with zero attached hydrogens (tertiary/aromatic N) is 2. The van der Waals surface area contributed by atoms with Crippen molar-refractivity contribution in [3.63, 3.8) is 0 Å². The van der Waals surface area contributed by atoms with Gasteiger partial charge in [0.1, 0.15) is 0 Å².